The highest BCUT2D eigenvalue weighted by atomic mass is 32.2. The van der Waals surface area contributed by atoms with E-state index in [1.807, 2.05) is 0 Å². The van der Waals surface area contributed by atoms with Gasteiger partial charge in [0.1, 0.15) is 6.33 Å². The van der Waals surface area contributed by atoms with E-state index in [2.05, 4.69) is 14.7 Å². The second-order valence-corrected chi connectivity index (χ2v) is 6.60. The molecule has 3 rings (SSSR count). The molecule has 140 valence electrons. The van der Waals surface area contributed by atoms with Crippen LogP contribution >= 0.6 is 0 Å². The number of aromatic nitrogens is 2. The zero-order valence-electron chi connectivity index (χ0n) is 14.0. The van der Waals surface area contributed by atoms with E-state index in [1.165, 1.54) is 30.7 Å². The third-order valence-electron chi connectivity index (χ3n) is 3.97. The predicted octanol–water partition coefficient (Wildman–Crippen LogP) is 2.80. The van der Waals surface area contributed by atoms with E-state index in [0.717, 1.165) is 6.07 Å². The summed E-state index contributed by atoms with van der Waals surface area (Å²) in [6, 6.07) is 6.98. The van der Waals surface area contributed by atoms with Crippen molar-refractivity contribution in [3.05, 3.63) is 71.2 Å². The molecule has 0 aliphatic heterocycles. The molecule has 6 nitrogen and oxygen atoms in total. The molecule has 1 atom stereocenters. The summed E-state index contributed by atoms with van der Waals surface area (Å²) in [6.07, 6.45) is 3.64. The van der Waals surface area contributed by atoms with Gasteiger partial charge in [0.2, 0.25) is 11.3 Å². The molecule has 0 aliphatic carbocycles. The Morgan fingerprint density at radius 3 is 2.81 bits per heavy atom. The lowest BCUT2D eigenvalue weighted by molar-refractivity contribution is 0.103. The summed E-state index contributed by atoms with van der Waals surface area (Å²) in [5.41, 5.74) is 0.896. The summed E-state index contributed by atoms with van der Waals surface area (Å²) in [4.78, 5) is 20.6. The minimum absolute atomic E-state index is 0.199. The molecule has 1 heterocycles. The van der Waals surface area contributed by atoms with Gasteiger partial charge in [-0.15, -0.1) is 0 Å². The zero-order valence-corrected chi connectivity index (χ0v) is 14.8. The van der Waals surface area contributed by atoms with Crippen molar-refractivity contribution in [3.63, 3.8) is 0 Å². The van der Waals surface area contributed by atoms with E-state index < -0.39 is 28.7 Å². The number of fused-ring (bicyclic) bond motifs is 1. The Bertz CT molecular complexity index is 1030. The van der Waals surface area contributed by atoms with Gasteiger partial charge in [-0.2, -0.15) is 0 Å². The predicted molar refractivity (Wildman–Crippen MR) is 96.4 cm³/mol. The van der Waals surface area contributed by atoms with Crippen LogP contribution in [0.3, 0.4) is 0 Å². The van der Waals surface area contributed by atoms with Gasteiger partial charge in [0.15, 0.2) is 17.4 Å². The van der Waals surface area contributed by atoms with Gasteiger partial charge in [-0.3, -0.25) is 9.35 Å². The molecule has 27 heavy (non-hydrogen) atoms. The second kappa shape index (κ2) is 8.38. The van der Waals surface area contributed by atoms with Crippen molar-refractivity contribution in [1.29, 1.82) is 0 Å². The molecular weight excluding hydrogens is 376 g/mol. The maximum atomic E-state index is 14.2. The highest BCUT2D eigenvalue weighted by Gasteiger charge is 2.19. The second-order valence-electron chi connectivity index (χ2n) is 5.81. The first-order chi connectivity index (χ1) is 13.0. The SMILES string of the molecule is O=C(c1ccc2ncncc2c1)c1cc(CCCNS(=O)O)cc(F)c1F. The summed E-state index contributed by atoms with van der Waals surface area (Å²) in [5.74, 6) is -2.96. The molecule has 0 fully saturated rings. The number of carbonyl (C=O) groups is 1. The van der Waals surface area contributed by atoms with Crippen LogP contribution in [0.25, 0.3) is 10.9 Å². The van der Waals surface area contributed by atoms with Gasteiger partial charge in [-0.25, -0.2) is 27.7 Å². The van der Waals surface area contributed by atoms with Crippen molar-refractivity contribution in [1.82, 2.24) is 14.7 Å². The van der Waals surface area contributed by atoms with Crippen LogP contribution in [-0.2, 0) is 17.7 Å². The van der Waals surface area contributed by atoms with Crippen molar-refractivity contribution in [2.75, 3.05) is 6.54 Å². The first-order valence-electron chi connectivity index (χ1n) is 8.02. The van der Waals surface area contributed by atoms with Crippen LogP contribution in [0.2, 0.25) is 0 Å². The number of halogens is 2. The number of benzene rings is 2. The monoisotopic (exact) mass is 391 g/mol. The smallest absolute Gasteiger partial charge is 0.231 e. The van der Waals surface area contributed by atoms with Gasteiger partial charge < -0.3 is 0 Å². The van der Waals surface area contributed by atoms with Crippen molar-refractivity contribution in [2.45, 2.75) is 12.8 Å². The van der Waals surface area contributed by atoms with Crippen LogP contribution < -0.4 is 4.72 Å². The number of rotatable bonds is 7. The van der Waals surface area contributed by atoms with E-state index in [0.29, 0.717) is 29.3 Å². The summed E-state index contributed by atoms with van der Waals surface area (Å²) in [5, 5.41) is 0.614. The van der Waals surface area contributed by atoms with Gasteiger partial charge in [-0.05, 0) is 48.7 Å². The average Bonchev–Trinajstić information content (AvgIpc) is 2.66. The maximum absolute atomic E-state index is 14.2. The van der Waals surface area contributed by atoms with Gasteiger partial charge in [0, 0.05) is 23.7 Å². The number of ketones is 1. The summed E-state index contributed by atoms with van der Waals surface area (Å²) in [7, 11) is 0. The highest BCUT2D eigenvalue weighted by molar-refractivity contribution is 7.77. The Morgan fingerprint density at radius 2 is 2.04 bits per heavy atom. The van der Waals surface area contributed by atoms with E-state index >= 15 is 0 Å². The average molecular weight is 391 g/mol. The van der Waals surface area contributed by atoms with Crippen LogP contribution in [0.1, 0.15) is 27.9 Å². The molecule has 2 aromatic carbocycles. The van der Waals surface area contributed by atoms with Gasteiger partial charge in [0.05, 0.1) is 11.1 Å². The van der Waals surface area contributed by atoms with E-state index in [-0.39, 0.29) is 17.7 Å². The van der Waals surface area contributed by atoms with Crippen LogP contribution in [0, 0.1) is 11.6 Å². The molecule has 0 saturated carbocycles. The fourth-order valence-corrected chi connectivity index (χ4v) is 3.01. The molecule has 0 bridgehead atoms. The van der Waals surface area contributed by atoms with E-state index in [9.17, 15) is 17.8 Å². The molecule has 0 saturated heterocycles. The first-order valence-corrected chi connectivity index (χ1v) is 9.13. The first kappa shape index (κ1) is 19.2. The molecular formula is C18H15F2N3O3S. The summed E-state index contributed by atoms with van der Waals surface area (Å²) in [6.45, 7) is 0.218. The standard InChI is InChI=1S/C18H15F2N3O3S/c19-15-7-11(2-1-5-23-27(25)26)6-14(17(15)20)18(24)12-3-4-16-13(8-12)9-21-10-22-16/h3-4,6-10,23H,1-2,5H2,(H,25,26). The van der Waals surface area contributed by atoms with Crippen LogP contribution in [0.5, 0.6) is 0 Å². The molecule has 0 spiro atoms. The maximum Gasteiger partial charge on any atom is 0.231 e. The fraction of sp³-hybridized carbons (Fsp3) is 0.167. The van der Waals surface area contributed by atoms with Crippen molar-refractivity contribution >= 4 is 28.0 Å². The number of carbonyl (C=O) groups excluding carboxylic acids is 1. The van der Waals surface area contributed by atoms with Crippen LogP contribution in [0.4, 0.5) is 8.78 Å². The van der Waals surface area contributed by atoms with Gasteiger partial charge in [-0.1, -0.05) is 0 Å². The van der Waals surface area contributed by atoms with Crippen molar-refractivity contribution in [3.8, 4) is 0 Å². The van der Waals surface area contributed by atoms with Crippen molar-refractivity contribution in [2.24, 2.45) is 0 Å². The Labute approximate surface area is 156 Å². The minimum atomic E-state index is -2.13. The third kappa shape index (κ3) is 4.57. The topological polar surface area (TPSA) is 92.2 Å². The Morgan fingerprint density at radius 1 is 1.22 bits per heavy atom. The van der Waals surface area contributed by atoms with E-state index in [1.54, 1.807) is 6.07 Å². The lowest BCUT2D eigenvalue weighted by Gasteiger charge is -2.08. The van der Waals surface area contributed by atoms with Gasteiger partial charge in [0.25, 0.3) is 0 Å². The Kier molecular flexibility index (Phi) is 5.94. The van der Waals surface area contributed by atoms with Crippen LogP contribution in [-0.4, -0.2) is 31.1 Å². The van der Waals surface area contributed by atoms with Crippen molar-refractivity contribution < 1.29 is 22.3 Å². The molecule has 1 aromatic heterocycles. The molecule has 0 amide bonds. The quantitative estimate of drug-likeness (QED) is 0.367. The number of nitrogens with one attached hydrogen (secondary N) is 1. The molecule has 3 aromatic rings. The molecule has 0 radical (unpaired) electrons. The normalized spacial score (nSPS) is 12.3. The lowest BCUT2D eigenvalue weighted by Crippen LogP contribution is -2.18. The molecule has 9 heteroatoms. The third-order valence-corrected chi connectivity index (χ3v) is 4.42. The number of hydrogen-bond donors (Lipinski definition) is 2. The Balaban J connectivity index is 1.87. The molecule has 2 N–H and O–H groups in total. The largest absolute Gasteiger partial charge is 0.294 e. The lowest BCUT2D eigenvalue weighted by atomic mass is 9.98. The number of hydrogen-bond acceptors (Lipinski definition) is 4. The Hall–Kier alpha value is -2.62. The van der Waals surface area contributed by atoms with Crippen LogP contribution in [0.15, 0.2) is 42.9 Å². The van der Waals surface area contributed by atoms with Gasteiger partial charge >= 0.3 is 0 Å². The summed E-state index contributed by atoms with van der Waals surface area (Å²) >= 11 is -2.13. The minimum Gasteiger partial charge on any atom is -0.294 e. The zero-order chi connectivity index (χ0) is 19.4. The molecule has 1 unspecified atom stereocenters. The number of aryl methyl sites for hydroxylation is 1. The highest BCUT2D eigenvalue weighted by Crippen LogP contribution is 2.21. The molecule has 0 aliphatic rings. The summed E-state index contributed by atoms with van der Waals surface area (Å²) < 4.78 is 49.7. The van der Waals surface area contributed by atoms with E-state index in [4.69, 9.17) is 4.55 Å². The fourth-order valence-electron chi connectivity index (χ4n) is 2.69. The number of nitrogens with zero attached hydrogens (tertiary/aromatic N) is 2.